The van der Waals surface area contributed by atoms with Crippen LogP contribution >= 0.6 is 0 Å². The Morgan fingerprint density at radius 1 is 0.789 bits per heavy atom. The zero-order chi connectivity index (χ0) is 26.5. The molecule has 2 aliphatic rings. The van der Waals surface area contributed by atoms with Crippen molar-refractivity contribution in [2.24, 2.45) is 0 Å². The second-order valence-electron chi connectivity index (χ2n) is 9.60. The van der Waals surface area contributed by atoms with Gasteiger partial charge < -0.3 is 28.4 Å². The zero-order valence-electron chi connectivity index (χ0n) is 21.2. The predicted molar refractivity (Wildman–Crippen MR) is 136 cm³/mol. The summed E-state index contributed by atoms with van der Waals surface area (Å²) in [6.45, 7) is 3.90. The molecule has 0 unspecified atom stereocenters. The average molecular weight is 519 g/mol. The highest BCUT2D eigenvalue weighted by atomic mass is 16.8. The molecule has 8 nitrogen and oxygen atoms in total. The van der Waals surface area contributed by atoms with Gasteiger partial charge in [-0.3, -0.25) is 0 Å². The highest BCUT2D eigenvalue weighted by Crippen LogP contribution is 2.36. The lowest BCUT2D eigenvalue weighted by molar-refractivity contribution is -0.381. The van der Waals surface area contributed by atoms with E-state index in [1.807, 2.05) is 36.4 Å². The van der Waals surface area contributed by atoms with Crippen molar-refractivity contribution in [3.8, 4) is 0 Å². The summed E-state index contributed by atoms with van der Waals surface area (Å²) < 4.78 is 36.3. The van der Waals surface area contributed by atoms with Gasteiger partial charge in [-0.2, -0.15) is 0 Å². The highest BCUT2D eigenvalue weighted by Gasteiger charge is 2.55. The van der Waals surface area contributed by atoms with Crippen LogP contribution in [0.3, 0.4) is 0 Å². The van der Waals surface area contributed by atoms with E-state index in [2.05, 4.69) is 0 Å². The third kappa shape index (κ3) is 6.11. The first-order chi connectivity index (χ1) is 18.4. The number of hydrogen-bond donors (Lipinski definition) is 0. The van der Waals surface area contributed by atoms with Gasteiger partial charge in [0.2, 0.25) is 0 Å². The Bertz CT molecular complexity index is 1210. The van der Waals surface area contributed by atoms with E-state index in [1.54, 1.807) is 68.4 Å². The lowest BCUT2D eigenvalue weighted by Crippen LogP contribution is -2.66. The van der Waals surface area contributed by atoms with Crippen molar-refractivity contribution in [1.82, 2.24) is 0 Å². The van der Waals surface area contributed by atoms with E-state index >= 15 is 0 Å². The van der Waals surface area contributed by atoms with Crippen molar-refractivity contribution in [3.63, 3.8) is 0 Å². The first kappa shape index (κ1) is 26.1. The number of hydrogen-bond acceptors (Lipinski definition) is 8. The topological polar surface area (TPSA) is 89.5 Å². The van der Waals surface area contributed by atoms with Gasteiger partial charge in [0.25, 0.3) is 0 Å². The van der Waals surface area contributed by atoms with Crippen molar-refractivity contribution in [2.45, 2.75) is 56.9 Å². The van der Waals surface area contributed by atoms with E-state index in [4.69, 9.17) is 28.4 Å². The van der Waals surface area contributed by atoms with Gasteiger partial charge >= 0.3 is 11.9 Å². The van der Waals surface area contributed by atoms with Crippen LogP contribution in [0.4, 0.5) is 0 Å². The maximum absolute atomic E-state index is 13.2. The minimum atomic E-state index is -1.12. The van der Waals surface area contributed by atoms with Gasteiger partial charge in [-0.15, -0.1) is 0 Å². The summed E-state index contributed by atoms with van der Waals surface area (Å²) in [6.07, 6.45) is -4.58. The minimum Gasteiger partial charge on any atom is -0.452 e. The Labute approximate surface area is 221 Å². The molecule has 8 heteroatoms. The van der Waals surface area contributed by atoms with Gasteiger partial charge in [0.15, 0.2) is 24.3 Å². The van der Waals surface area contributed by atoms with Gasteiger partial charge in [0.1, 0.15) is 12.2 Å². The molecule has 0 aromatic heterocycles. The van der Waals surface area contributed by atoms with Gasteiger partial charge in [-0.05, 0) is 43.7 Å². The fourth-order valence-corrected chi connectivity index (χ4v) is 4.48. The molecular formula is C30H30O8. The molecule has 0 amide bonds. The third-order valence-corrected chi connectivity index (χ3v) is 6.37. The Morgan fingerprint density at radius 3 is 1.89 bits per heavy atom. The standard InChI is InChI=1S/C30H30O8/c1-30(2)34-19-23-24(38-30)25(36-27(31)21-14-8-4-9-15-21)26(37-28(32)22-16-10-5-11-17-22)29(35-23)33-18-20-12-6-3-7-13-20/h3-17,23-26,29H,18-19H2,1-2H3/t23-,24-,25-,26+,29+/m1/s1. The Morgan fingerprint density at radius 2 is 1.32 bits per heavy atom. The van der Waals surface area contributed by atoms with Crippen LogP contribution < -0.4 is 0 Å². The Hall–Kier alpha value is -3.56. The van der Waals surface area contributed by atoms with Crippen LogP contribution in [-0.4, -0.2) is 55.0 Å². The number of carbonyl (C=O) groups is 2. The van der Waals surface area contributed by atoms with Gasteiger partial charge in [0.05, 0.1) is 24.3 Å². The number of ether oxygens (including phenoxy) is 6. The smallest absolute Gasteiger partial charge is 0.338 e. The number of rotatable bonds is 7. The summed E-state index contributed by atoms with van der Waals surface area (Å²) in [5.41, 5.74) is 1.61. The molecule has 38 heavy (non-hydrogen) atoms. The summed E-state index contributed by atoms with van der Waals surface area (Å²) in [5.74, 6) is -2.14. The first-order valence-corrected chi connectivity index (χ1v) is 12.5. The second kappa shape index (κ2) is 11.4. The molecule has 3 aromatic rings. The Kier molecular flexibility index (Phi) is 7.85. The van der Waals surface area contributed by atoms with Gasteiger partial charge in [-0.25, -0.2) is 9.59 Å². The molecule has 3 aromatic carbocycles. The summed E-state index contributed by atoms with van der Waals surface area (Å²) in [5, 5.41) is 0. The molecule has 2 aliphatic heterocycles. The molecule has 0 radical (unpaired) electrons. The van der Waals surface area contributed by atoms with Crippen LogP contribution in [0.5, 0.6) is 0 Å². The molecule has 0 N–H and O–H groups in total. The van der Waals surface area contributed by atoms with E-state index in [1.165, 1.54) is 0 Å². The highest BCUT2D eigenvalue weighted by molar-refractivity contribution is 5.90. The van der Waals surface area contributed by atoms with E-state index in [0.717, 1.165) is 5.56 Å². The third-order valence-electron chi connectivity index (χ3n) is 6.37. The molecule has 2 saturated heterocycles. The summed E-state index contributed by atoms with van der Waals surface area (Å²) >= 11 is 0. The molecule has 0 saturated carbocycles. The lowest BCUT2D eigenvalue weighted by atomic mass is 9.96. The number of benzene rings is 3. The summed E-state index contributed by atoms with van der Waals surface area (Å²) in [7, 11) is 0. The number of fused-ring (bicyclic) bond motifs is 1. The molecular weight excluding hydrogens is 488 g/mol. The molecule has 0 aliphatic carbocycles. The molecule has 0 bridgehead atoms. The average Bonchev–Trinajstić information content (AvgIpc) is 2.94. The zero-order valence-corrected chi connectivity index (χ0v) is 21.2. The van der Waals surface area contributed by atoms with Crippen molar-refractivity contribution in [1.29, 1.82) is 0 Å². The second-order valence-corrected chi connectivity index (χ2v) is 9.60. The quantitative estimate of drug-likeness (QED) is 0.422. The van der Waals surface area contributed by atoms with E-state index < -0.39 is 48.4 Å². The monoisotopic (exact) mass is 518 g/mol. The lowest BCUT2D eigenvalue weighted by Gasteiger charge is -2.50. The molecule has 0 spiro atoms. The van der Waals surface area contributed by atoms with Crippen LogP contribution in [0.2, 0.25) is 0 Å². The van der Waals surface area contributed by atoms with Crippen molar-refractivity contribution in [3.05, 3.63) is 108 Å². The SMILES string of the molecule is CC1(C)OC[C@H]2O[C@H](OCc3ccccc3)[C@@H](OC(=O)c3ccccc3)[C@H](OC(=O)c3ccccc3)[C@@H]2O1. The van der Waals surface area contributed by atoms with Crippen LogP contribution in [0.25, 0.3) is 0 Å². The largest absolute Gasteiger partial charge is 0.452 e. The Balaban J connectivity index is 1.47. The van der Waals surface area contributed by atoms with Crippen LogP contribution in [0.1, 0.15) is 40.1 Å². The van der Waals surface area contributed by atoms with Gasteiger partial charge in [-0.1, -0.05) is 66.7 Å². The van der Waals surface area contributed by atoms with Crippen LogP contribution in [-0.2, 0) is 35.0 Å². The maximum Gasteiger partial charge on any atom is 0.338 e. The normalized spacial score (nSPS) is 26.1. The summed E-state index contributed by atoms with van der Waals surface area (Å²) in [4.78, 5) is 26.4. The fraction of sp³-hybridized carbons (Fsp3) is 0.333. The summed E-state index contributed by atoms with van der Waals surface area (Å²) in [6, 6.07) is 26.7. The van der Waals surface area contributed by atoms with Crippen LogP contribution in [0.15, 0.2) is 91.0 Å². The van der Waals surface area contributed by atoms with Crippen molar-refractivity contribution < 1.29 is 38.0 Å². The van der Waals surface area contributed by atoms with Crippen molar-refractivity contribution >= 4 is 11.9 Å². The first-order valence-electron chi connectivity index (χ1n) is 12.5. The van der Waals surface area contributed by atoms with Crippen molar-refractivity contribution in [2.75, 3.05) is 6.61 Å². The van der Waals surface area contributed by atoms with E-state index in [9.17, 15) is 9.59 Å². The molecule has 5 atom stereocenters. The molecule has 198 valence electrons. The van der Waals surface area contributed by atoms with E-state index in [0.29, 0.717) is 11.1 Å². The van der Waals surface area contributed by atoms with E-state index in [-0.39, 0.29) is 13.2 Å². The fourth-order valence-electron chi connectivity index (χ4n) is 4.48. The number of esters is 2. The molecule has 2 fully saturated rings. The van der Waals surface area contributed by atoms with Crippen LogP contribution in [0, 0.1) is 0 Å². The predicted octanol–water partition coefficient (Wildman–Crippen LogP) is 4.53. The number of carbonyl (C=O) groups excluding carboxylic acids is 2. The van der Waals surface area contributed by atoms with Gasteiger partial charge in [0, 0.05) is 0 Å². The molecule has 2 heterocycles. The maximum atomic E-state index is 13.2. The minimum absolute atomic E-state index is 0.182. The molecule has 5 rings (SSSR count).